The van der Waals surface area contributed by atoms with E-state index in [-0.39, 0.29) is 0 Å². The summed E-state index contributed by atoms with van der Waals surface area (Å²) in [5.41, 5.74) is 1.66. The van der Waals surface area contributed by atoms with Gasteiger partial charge < -0.3 is 4.74 Å². The molecule has 0 aromatic heterocycles. The number of ether oxygens (including phenoxy) is 1. The lowest BCUT2D eigenvalue weighted by molar-refractivity contribution is -0.104. The summed E-state index contributed by atoms with van der Waals surface area (Å²) in [6.07, 6.45) is 9.33. The van der Waals surface area contributed by atoms with Gasteiger partial charge in [-0.3, -0.25) is 4.79 Å². The molecule has 1 aromatic carbocycles. The van der Waals surface area contributed by atoms with Crippen molar-refractivity contribution in [1.82, 2.24) is 0 Å². The summed E-state index contributed by atoms with van der Waals surface area (Å²) in [7, 11) is 0. The molecule has 19 heavy (non-hydrogen) atoms. The molecule has 0 heterocycles. The third-order valence-corrected chi connectivity index (χ3v) is 2.86. The number of rotatable bonds is 3. The molecule has 96 valence electrons. The first-order valence-electron chi connectivity index (χ1n) is 5.85. The van der Waals surface area contributed by atoms with E-state index < -0.39 is 0 Å². The maximum absolute atomic E-state index is 10.8. The minimum Gasteiger partial charge on any atom is -0.456 e. The highest BCUT2D eigenvalue weighted by Gasteiger charge is 2.05. The van der Waals surface area contributed by atoms with Gasteiger partial charge in [0.25, 0.3) is 0 Å². The lowest BCUT2D eigenvalue weighted by Gasteiger charge is -2.09. The molecule has 0 aliphatic heterocycles. The standard InChI is InChI=1S/C16H13ClO2/c1-12-6-8-14(9-7-12)19-16-5-3-2-4-13(11-18)10-15(16)17/h2-11H,1H3/b3-2?,4-2+,5-3?,13-4?,13-10+,15-10?,16-5?,16-15?. The van der Waals surface area contributed by atoms with Crippen LogP contribution in [0.4, 0.5) is 0 Å². The molecule has 2 rings (SSSR count). The van der Waals surface area contributed by atoms with Gasteiger partial charge >= 0.3 is 0 Å². The second-order valence-electron chi connectivity index (χ2n) is 4.11. The Hall–Kier alpha value is -2.06. The highest BCUT2D eigenvalue weighted by molar-refractivity contribution is 6.32. The number of halogens is 1. The summed E-state index contributed by atoms with van der Waals surface area (Å²) in [6, 6.07) is 7.67. The van der Waals surface area contributed by atoms with E-state index in [0.717, 1.165) is 11.8 Å². The Morgan fingerprint density at radius 3 is 2.47 bits per heavy atom. The number of allylic oxidation sites excluding steroid dienone is 7. The average molecular weight is 273 g/mol. The van der Waals surface area contributed by atoms with E-state index in [1.807, 2.05) is 31.2 Å². The van der Waals surface area contributed by atoms with Crippen molar-refractivity contribution in [2.24, 2.45) is 0 Å². The van der Waals surface area contributed by atoms with Crippen molar-refractivity contribution in [2.45, 2.75) is 6.92 Å². The molecule has 0 atom stereocenters. The van der Waals surface area contributed by atoms with Crippen molar-refractivity contribution >= 4 is 17.9 Å². The summed E-state index contributed by atoms with van der Waals surface area (Å²) >= 11 is 6.15. The minimum absolute atomic E-state index is 0.392. The topological polar surface area (TPSA) is 26.3 Å². The average Bonchev–Trinajstić information content (AvgIpc) is 2.40. The van der Waals surface area contributed by atoms with Gasteiger partial charge in [-0.15, -0.1) is 0 Å². The Kier molecular flexibility index (Phi) is 4.37. The van der Waals surface area contributed by atoms with Crippen molar-refractivity contribution in [3.63, 3.8) is 0 Å². The number of hydrogen-bond acceptors (Lipinski definition) is 2. The Bertz CT molecular complexity index is 590. The molecular formula is C16H13ClO2. The molecule has 0 saturated carbocycles. The van der Waals surface area contributed by atoms with Crippen LogP contribution in [0.5, 0.6) is 5.75 Å². The van der Waals surface area contributed by atoms with Gasteiger partial charge in [0.2, 0.25) is 0 Å². The molecule has 0 spiro atoms. The highest BCUT2D eigenvalue weighted by Crippen LogP contribution is 2.22. The van der Waals surface area contributed by atoms with Gasteiger partial charge in [-0.1, -0.05) is 47.5 Å². The molecule has 0 radical (unpaired) electrons. The second kappa shape index (κ2) is 6.21. The zero-order chi connectivity index (χ0) is 13.7. The molecule has 0 fully saturated rings. The smallest absolute Gasteiger partial charge is 0.150 e. The van der Waals surface area contributed by atoms with Crippen LogP contribution in [-0.4, -0.2) is 6.29 Å². The van der Waals surface area contributed by atoms with Gasteiger partial charge in [0, 0.05) is 5.57 Å². The van der Waals surface area contributed by atoms with Gasteiger partial charge in [-0.2, -0.15) is 0 Å². The number of hydrogen-bond donors (Lipinski definition) is 0. The first-order chi connectivity index (χ1) is 9.19. The van der Waals surface area contributed by atoms with Gasteiger partial charge in [0.15, 0.2) is 0 Å². The molecule has 0 saturated heterocycles. The minimum atomic E-state index is 0.392. The maximum Gasteiger partial charge on any atom is 0.150 e. The van der Waals surface area contributed by atoms with Crippen LogP contribution in [-0.2, 0) is 4.79 Å². The summed E-state index contributed by atoms with van der Waals surface area (Å²) in [5.74, 6) is 1.21. The lowest BCUT2D eigenvalue weighted by Crippen LogP contribution is -1.96. The van der Waals surface area contributed by atoms with Gasteiger partial charge in [0.1, 0.15) is 17.8 Å². The number of carbonyl (C=O) groups excluding carboxylic acids is 1. The summed E-state index contributed by atoms with van der Waals surface area (Å²) in [5, 5.41) is 0.392. The van der Waals surface area contributed by atoms with E-state index >= 15 is 0 Å². The number of benzene rings is 1. The Morgan fingerprint density at radius 2 is 1.79 bits per heavy atom. The zero-order valence-electron chi connectivity index (χ0n) is 10.5. The molecule has 1 aliphatic carbocycles. The third-order valence-electron chi connectivity index (χ3n) is 2.56. The Labute approximate surface area is 117 Å². The largest absolute Gasteiger partial charge is 0.456 e. The van der Waals surface area contributed by atoms with Crippen LogP contribution in [0.15, 0.2) is 71.0 Å². The van der Waals surface area contributed by atoms with Crippen molar-refractivity contribution < 1.29 is 9.53 Å². The van der Waals surface area contributed by atoms with Crippen LogP contribution in [0.3, 0.4) is 0 Å². The van der Waals surface area contributed by atoms with Crippen LogP contribution in [0.25, 0.3) is 0 Å². The predicted octanol–water partition coefficient (Wildman–Crippen LogP) is 4.08. The molecule has 1 aliphatic rings. The van der Waals surface area contributed by atoms with Crippen LogP contribution >= 0.6 is 11.6 Å². The zero-order valence-corrected chi connectivity index (χ0v) is 11.2. The van der Waals surface area contributed by atoms with Crippen LogP contribution in [0.2, 0.25) is 0 Å². The van der Waals surface area contributed by atoms with Crippen molar-refractivity contribution in [3.8, 4) is 5.75 Å². The molecule has 2 nitrogen and oxygen atoms in total. The normalized spacial score (nSPS) is 19.2. The molecule has 3 heteroatoms. The highest BCUT2D eigenvalue weighted by atomic mass is 35.5. The summed E-state index contributed by atoms with van der Waals surface area (Å²) < 4.78 is 5.72. The number of carbonyl (C=O) groups is 1. The van der Waals surface area contributed by atoms with Crippen LogP contribution in [0, 0.1) is 6.92 Å². The molecule has 0 N–H and O–H groups in total. The fourth-order valence-electron chi connectivity index (χ4n) is 1.54. The van der Waals surface area contributed by atoms with Crippen LogP contribution in [0.1, 0.15) is 5.56 Å². The van der Waals surface area contributed by atoms with Crippen LogP contribution < -0.4 is 4.74 Å². The number of aryl methyl sites for hydroxylation is 1. The quantitative estimate of drug-likeness (QED) is 0.775. The molecular weight excluding hydrogens is 260 g/mol. The van der Waals surface area contributed by atoms with Gasteiger partial charge in [0.05, 0.1) is 5.03 Å². The second-order valence-corrected chi connectivity index (χ2v) is 4.51. The molecule has 0 unspecified atom stereocenters. The summed E-state index contributed by atoms with van der Waals surface area (Å²) in [6.45, 7) is 2.01. The fraction of sp³-hybridized carbons (Fsp3) is 0.0625. The summed E-state index contributed by atoms with van der Waals surface area (Å²) in [4.78, 5) is 10.8. The maximum atomic E-state index is 10.8. The van der Waals surface area contributed by atoms with Crippen molar-refractivity contribution in [1.29, 1.82) is 0 Å². The van der Waals surface area contributed by atoms with Crippen molar-refractivity contribution in [2.75, 3.05) is 0 Å². The number of aldehydes is 1. The first kappa shape index (κ1) is 13.4. The van der Waals surface area contributed by atoms with E-state index in [2.05, 4.69) is 0 Å². The fourth-order valence-corrected chi connectivity index (χ4v) is 1.77. The Morgan fingerprint density at radius 1 is 1.11 bits per heavy atom. The SMILES string of the molecule is Cc1ccc(OC2=C(Cl)/C=C(C=O)\C=C\C=C2)cc1. The monoisotopic (exact) mass is 272 g/mol. The molecule has 0 amide bonds. The van der Waals surface area contributed by atoms with Gasteiger partial charge in [-0.05, 0) is 31.2 Å². The predicted molar refractivity (Wildman–Crippen MR) is 77.1 cm³/mol. The van der Waals surface area contributed by atoms with E-state index in [9.17, 15) is 4.79 Å². The Balaban J connectivity index is 2.29. The van der Waals surface area contributed by atoms with E-state index in [0.29, 0.717) is 22.1 Å². The van der Waals surface area contributed by atoms with E-state index in [4.69, 9.17) is 16.3 Å². The van der Waals surface area contributed by atoms with Crippen molar-refractivity contribution in [3.05, 3.63) is 76.6 Å². The van der Waals surface area contributed by atoms with E-state index in [1.165, 1.54) is 0 Å². The lowest BCUT2D eigenvalue weighted by atomic mass is 10.2. The first-order valence-corrected chi connectivity index (χ1v) is 6.23. The van der Waals surface area contributed by atoms with E-state index in [1.54, 1.807) is 30.4 Å². The molecule has 1 aromatic rings. The molecule has 0 bridgehead atoms. The van der Waals surface area contributed by atoms with Gasteiger partial charge in [-0.25, -0.2) is 0 Å². The third kappa shape index (κ3) is 3.70.